The van der Waals surface area contributed by atoms with Crippen molar-refractivity contribution in [1.29, 1.82) is 0 Å². The van der Waals surface area contributed by atoms with Crippen LogP contribution in [-0.4, -0.2) is 16.0 Å². The Labute approximate surface area is 211 Å². The van der Waals surface area contributed by atoms with E-state index in [-0.39, 0.29) is 33.4 Å². The largest absolute Gasteiger partial charge is 0.507 e. The monoisotopic (exact) mass is 532 g/mol. The average Bonchev–Trinajstić information content (AvgIpc) is 2.83. The number of benzene rings is 4. The molecule has 0 amide bonds. The minimum absolute atomic E-state index is 0.0385. The number of carbonyl (C=O) groups is 1. The zero-order chi connectivity index (χ0) is 28.0. The number of nitrogen functional groups attached to an aromatic ring is 2. The lowest BCUT2D eigenvalue weighted by molar-refractivity contribution is -0.137. The fourth-order valence-corrected chi connectivity index (χ4v) is 4.06. The molecule has 5 nitrogen and oxygen atoms in total. The molecule has 11 heteroatoms. The zero-order valence-corrected chi connectivity index (χ0v) is 19.2. The van der Waals surface area contributed by atoms with Gasteiger partial charge in [0, 0.05) is 33.4 Å². The number of phenols is 2. The molecule has 0 aromatic heterocycles. The Morgan fingerprint density at radius 1 is 0.579 bits per heavy atom. The summed E-state index contributed by atoms with van der Waals surface area (Å²) in [4.78, 5) is 13.0. The lowest BCUT2D eigenvalue weighted by Gasteiger charge is -2.15. The molecule has 4 aromatic carbocycles. The van der Waals surface area contributed by atoms with Gasteiger partial charge in [0.15, 0.2) is 5.78 Å². The first-order chi connectivity index (χ1) is 17.7. The lowest BCUT2D eigenvalue weighted by Crippen LogP contribution is -2.10. The quantitative estimate of drug-likeness (QED) is 0.130. The van der Waals surface area contributed by atoms with E-state index in [0.717, 1.165) is 36.4 Å². The van der Waals surface area contributed by atoms with E-state index >= 15 is 0 Å². The van der Waals surface area contributed by atoms with E-state index in [2.05, 4.69) is 0 Å². The molecule has 0 aliphatic rings. The zero-order valence-electron chi connectivity index (χ0n) is 19.2. The number of anilines is 2. The SMILES string of the molecule is Nc1c(-c2ccc(C(=O)c3ccc(-c4cccc(C(F)(F)F)c4N)c(O)c3)cc2O)cccc1C(F)(F)F. The van der Waals surface area contributed by atoms with Gasteiger partial charge < -0.3 is 21.7 Å². The molecule has 0 heterocycles. The fraction of sp³-hybridized carbons (Fsp3) is 0.0741. The van der Waals surface area contributed by atoms with Gasteiger partial charge >= 0.3 is 12.4 Å². The van der Waals surface area contributed by atoms with Crippen molar-refractivity contribution in [3.8, 4) is 33.8 Å². The van der Waals surface area contributed by atoms with Crippen LogP contribution in [0.15, 0.2) is 72.8 Å². The van der Waals surface area contributed by atoms with Crippen LogP contribution in [0.2, 0.25) is 0 Å². The summed E-state index contributed by atoms with van der Waals surface area (Å²) in [6.07, 6.45) is -9.42. The van der Waals surface area contributed by atoms with Gasteiger partial charge in [-0.25, -0.2) is 0 Å². The maximum Gasteiger partial charge on any atom is 0.418 e. The van der Waals surface area contributed by atoms with Crippen LogP contribution in [0.1, 0.15) is 27.0 Å². The molecule has 0 spiro atoms. The van der Waals surface area contributed by atoms with Crippen molar-refractivity contribution in [2.24, 2.45) is 0 Å². The van der Waals surface area contributed by atoms with Crippen molar-refractivity contribution in [3.63, 3.8) is 0 Å². The summed E-state index contributed by atoms with van der Waals surface area (Å²) in [5, 5.41) is 21.0. The summed E-state index contributed by atoms with van der Waals surface area (Å²) < 4.78 is 79.2. The molecule has 0 fully saturated rings. The van der Waals surface area contributed by atoms with E-state index in [9.17, 15) is 41.4 Å². The number of aromatic hydroxyl groups is 2. The number of ketones is 1. The van der Waals surface area contributed by atoms with Gasteiger partial charge in [0.25, 0.3) is 0 Å². The number of para-hydroxylation sites is 2. The number of hydrogen-bond acceptors (Lipinski definition) is 5. The molecule has 0 atom stereocenters. The second kappa shape index (κ2) is 9.33. The number of halogens is 6. The van der Waals surface area contributed by atoms with Crippen molar-refractivity contribution in [2.45, 2.75) is 12.4 Å². The molecule has 0 saturated heterocycles. The second-order valence-electron chi connectivity index (χ2n) is 8.32. The van der Waals surface area contributed by atoms with Crippen LogP contribution >= 0.6 is 0 Å². The normalized spacial score (nSPS) is 11.9. The minimum atomic E-state index is -4.71. The van der Waals surface area contributed by atoms with Gasteiger partial charge in [-0.15, -0.1) is 0 Å². The highest BCUT2D eigenvalue weighted by Crippen LogP contribution is 2.43. The first-order valence-electron chi connectivity index (χ1n) is 10.8. The number of nitrogens with two attached hydrogens (primary N) is 2. The minimum Gasteiger partial charge on any atom is -0.507 e. The summed E-state index contributed by atoms with van der Waals surface area (Å²) in [5.41, 5.74) is 7.64. The smallest absolute Gasteiger partial charge is 0.418 e. The number of alkyl halides is 6. The topological polar surface area (TPSA) is 110 Å². The van der Waals surface area contributed by atoms with Gasteiger partial charge in [0.2, 0.25) is 0 Å². The molecule has 0 unspecified atom stereocenters. The highest BCUT2D eigenvalue weighted by atomic mass is 19.4. The molecule has 6 N–H and O–H groups in total. The van der Waals surface area contributed by atoms with E-state index in [1.807, 2.05) is 0 Å². The Balaban J connectivity index is 1.68. The second-order valence-corrected chi connectivity index (χ2v) is 8.32. The molecule has 4 aromatic rings. The van der Waals surface area contributed by atoms with Crippen LogP contribution in [0.4, 0.5) is 37.7 Å². The molecule has 196 valence electrons. The highest BCUT2D eigenvalue weighted by molar-refractivity contribution is 6.10. The molecule has 4 rings (SSSR count). The van der Waals surface area contributed by atoms with Gasteiger partial charge in [-0.3, -0.25) is 4.79 Å². The predicted molar refractivity (Wildman–Crippen MR) is 129 cm³/mol. The molecule has 0 radical (unpaired) electrons. The van der Waals surface area contributed by atoms with Crippen LogP contribution in [0, 0.1) is 0 Å². The van der Waals surface area contributed by atoms with Gasteiger partial charge in [-0.1, -0.05) is 36.4 Å². The number of phenolic OH excluding ortho intramolecular Hbond substituents is 2. The Hall–Kier alpha value is -4.67. The third-order valence-electron chi connectivity index (χ3n) is 5.92. The van der Waals surface area contributed by atoms with Crippen LogP contribution in [0.3, 0.4) is 0 Å². The summed E-state index contributed by atoms with van der Waals surface area (Å²) in [7, 11) is 0. The lowest BCUT2D eigenvalue weighted by atomic mass is 9.94. The van der Waals surface area contributed by atoms with Crippen LogP contribution in [0.5, 0.6) is 11.5 Å². The van der Waals surface area contributed by atoms with Crippen molar-refractivity contribution >= 4 is 17.2 Å². The molecule has 0 aliphatic carbocycles. The van der Waals surface area contributed by atoms with Gasteiger partial charge in [-0.05, 0) is 36.4 Å². The average molecular weight is 532 g/mol. The highest BCUT2D eigenvalue weighted by Gasteiger charge is 2.35. The van der Waals surface area contributed by atoms with E-state index < -0.39 is 52.1 Å². The maximum absolute atomic E-state index is 13.2. The van der Waals surface area contributed by atoms with Crippen LogP contribution in [0.25, 0.3) is 22.3 Å². The summed E-state index contributed by atoms with van der Waals surface area (Å²) in [5.74, 6) is -1.71. The Kier molecular flexibility index (Phi) is 6.48. The van der Waals surface area contributed by atoms with Gasteiger partial charge in [0.05, 0.1) is 22.5 Å². The molecular formula is C27H18F6N2O3. The number of hydrogen-bond donors (Lipinski definition) is 4. The summed E-state index contributed by atoms with van der Waals surface area (Å²) in [6, 6.07) is 13.5. The standard InChI is InChI=1S/C27H18F6N2O3/c28-26(29,30)19-5-1-3-17(23(19)34)15-9-7-13(11-21(15)36)25(38)14-8-10-16(22(37)12-14)18-4-2-6-20(24(18)35)27(31,32)33/h1-12,36-37H,34-35H2. The first kappa shape index (κ1) is 26.4. The molecule has 0 saturated carbocycles. The van der Waals surface area contributed by atoms with Crippen molar-refractivity contribution in [3.05, 3.63) is 95.1 Å². The Morgan fingerprint density at radius 2 is 0.947 bits per heavy atom. The molecule has 0 aliphatic heterocycles. The Morgan fingerprint density at radius 3 is 1.26 bits per heavy atom. The Bertz CT molecular complexity index is 1450. The first-order valence-corrected chi connectivity index (χ1v) is 10.8. The fourth-order valence-electron chi connectivity index (χ4n) is 4.06. The number of rotatable bonds is 4. The third-order valence-corrected chi connectivity index (χ3v) is 5.92. The van der Waals surface area contributed by atoms with Gasteiger partial charge in [-0.2, -0.15) is 26.3 Å². The van der Waals surface area contributed by atoms with E-state index in [1.165, 1.54) is 36.4 Å². The molecule has 0 bridgehead atoms. The molecule has 38 heavy (non-hydrogen) atoms. The van der Waals surface area contributed by atoms with Crippen molar-refractivity contribution in [2.75, 3.05) is 11.5 Å². The summed E-state index contributed by atoms with van der Waals surface area (Å²) >= 11 is 0. The van der Waals surface area contributed by atoms with E-state index in [0.29, 0.717) is 0 Å². The van der Waals surface area contributed by atoms with Crippen LogP contribution < -0.4 is 11.5 Å². The number of carbonyl (C=O) groups excluding carboxylic acids is 1. The van der Waals surface area contributed by atoms with E-state index in [1.54, 1.807) is 0 Å². The van der Waals surface area contributed by atoms with Gasteiger partial charge in [0.1, 0.15) is 11.5 Å². The third kappa shape index (κ3) is 4.82. The predicted octanol–water partition coefficient (Wildman–Crippen LogP) is 6.86. The van der Waals surface area contributed by atoms with Crippen molar-refractivity contribution in [1.82, 2.24) is 0 Å². The summed E-state index contributed by atoms with van der Waals surface area (Å²) in [6.45, 7) is 0. The van der Waals surface area contributed by atoms with E-state index in [4.69, 9.17) is 11.5 Å². The maximum atomic E-state index is 13.2. The van der Waals surface area contributed by atoms with Crippen molar-refractivity contribution < 1.29 is 41.4 Å². The van der Waals surface area contributed by atoms with Crippen LogP contribution in [-0.2, 0) is 12.4 Å². The molecular weight excluding hydrogens is 514 g/mol.